The molecule has 32 heavy (non-hydrogen) atoms. The molecule has 3 aromatic rings. The molecule has 1 aromatic heterocycles. The van der Waals surface area contributed by atoms with E-state index in [0.717, 1.165) is 28.8 Å². The number of hydrogen-bond donors (Lipinski definition) is 2. The summed E-state index contributed by atoms with van der Waals surface area (Å²) >= 11 is 1.10. The fourth-order valence-electron chi connectivity index (χ4n) is 2.80. The van der Waals surface area contributed by atoms with Gasteiger partial charge in [0, 0.05) is 17.4 Å². The molecule has 0 saturated carbocycles. The lowest BCUT2D eigenvalue weighted by atomic mass is 10.2. The van der Waals surface area contributed by atoms with Crippen LogP contribution in [0.4, 0.5) is 20.2 Å². The molecule has 2 aromatic carbocycles. The molecule has 12 heteroatoms. The minimum Gasteiger partial charge on any atom is -0.331 e. The SMILES string of the molecule is C[C@@H](c1nnc(SCC(=O)Nc2ccc(F)c([N+](=O)[O-])c2)n1-c1ccc(F)cc1)[NH+](C)C. The summed E-state index contributed by atoms with van der Waals surface area (Å²) in [6, 6.07) is 8.94. The first kappa shape index (κ1) is 23.3. The largest absolute Gasteiger partial charge is 0.331 e. The number of anilines is 1. The van der Waals surface area contributed by atoms with Crippen LogP contribution in [0.5, 0.6) is 0 Å². The summed E-state index contributed by atoms with van der Waals surface area (Å²) in [5.74, 6) is -1.25. The van der Waals surface area contributed by atoms with Crippen molar-refractivity contribution in [1.29, 1.82) is 0 Å². The van der Waals surface area contributed by atoms with Gasteiger partial charge in [-0.25, -0.2) is 4.39 Å². The van der Waals surface area contributed by atoms with Crippen LogP contribution in [-0.2, 0) is 4.79 Å². The van der Waals surface area contributed by atoms with Crippen LogP contribution in [0.3, 0.4) is 0 Å². The van der Waals surface area contributed by atoms with Crippen LogP contribution in [0.2, 0.25) is 0 Å². The van der Waals surface area contributed by atoms with E-state index in [0.29, 0.717) is 16.7 Å². The monoisotopic (exact) mass is 463 g/mol. The Morgan fingerprint density at radius 1 is 1.22 bits per heavy atom. The standard InChI is InChI=1S/C20H20F2N6O3S/c1-12(26(2)3)19-24-25-20(27(19)15-7-4-13(21)5-8-15)32-11-18(29)23-14-6-9-16(22)17(10-14)28(30)31/h4-10,12H,11H2,1-3H3,(H,23,29)/p+1/t12-/m0/s1. The summed E-state index contributed by atoms with van der Waals surface area (Å²) < 4.78 is 28.7. The molecule has 0 radical (unpaired) electrons. The number of carbonyl (C=O) groups is 1. The summed E-state index contributed by atoms with van der Waals surface area (Å²) in [5, 5.41) is 22.3. The van der Waals surface area contributed by atoms with Crippen LogP contribution >= 0.6 is 11.8 Å². The quantitative estimate of drug-likeness (QED) is 0.302. The van der Waals surface area contributed by atoms with E-state index < -0.39 is 22.3 Å². The van der Waals surface area contributed by atoms with Gasteiger partial charge >= 0.3 is 5.69 Å². The minimum absolute atomic E-state index is 0.0320. The Hall–Kier alpha value is -3.38. The summed E-state index contributed by atoms with van der Waals surface area (Å²) in [4.78, 5) is 23.5. The molecule has 3 rings (SSSR count). The van der Waals surface area contributed by atoms with Crippen LogP contribution in [0.15, 0.2) is 47.6 Å². The van der Waals surface area contributed by atoms with Crippen LogP contribution in [0, 0.1) is 21.7 Å². The highest BCUT2D eigenvalue weighted by Crippen LogP contribution is 2.26. The van der Waals surface area contributed by atoms with Crippen molar-refractivity contribution < 1.29 is 23.4 Å². The van der Waals surface area contributed by atoms with Crippen LogP contribution < -0.4 is 10.2 Å². The molecule has 2 N–H and O–H groups in total. The van der Waals surface area contributed by atoms with Gasteiger partial charge < -0.3 is 10.2 Å². The van der Waals surface area contributed by atoms with E-state index in [1.165, 1.54) is 18.2 Å². The van der Waals surface area contributed by atoms with Crippen molar-refractivity contribution in [3.63, 3.8) is 0 Å². The van der Waals surface area contributed by atoms with E-state index in [4.69, 9.17) is 0 Å². The molecule has 1 atom stereocenters. The van der Waals surface area contributed by atoms with Gasteiger partial charge in [0.1, 0.15) is 11.9 Å². The van der Waals surface area contributed by atoms with Gasteiger partial charge in [0.05, 0.1) is 24.8 Å². The fourth-order valence-corrected chi connectivity index (χ4v) is 3.56. The van der Waals surface area contributed by atoms with Crippen molar-refractivity contribution in [1.82, 2.24) is 14.8 Å². The predicted molar refractivity (Wildman–Crippen MR) is 115 cm³/mol. The number of nitrogens with zero attached hydrogens (tertiary/aromatic N) is 4. The molecule has 0 aliphatic carbocycles. The first-order chi connectivity index (χ1) is 15.2. The van der Waals surface area contributed by atoms with Gasteiger partial charge in [0.2, 0.25) is 11.7 Å². The number of rotatable bonds is 8. The highest BCUT2D eigenvalue weighted by Gasteiger charge is 2.24. The van der Waals surface area contributed by atoms with E-state index in [1.54, 1.807) is 16.7 Å². The molecular formula is C20H21F2N6O3S+. The van der Waals surface area contributed by atoms with E-state index in [2.05, 4.69) is 15.5 Å². The Bertz CT molecular complexity index is 1140. The number of benzene rings is 2. The fraction of sp³-hybridized carbons (Fsp3) is 0.250. The zero-order valence-electron chi connectivity index (χ0n) is 17.5. The number of quaternary nitrogens is 1. The number of nitrogens with one attached hydrogen (secondary N) is 2. The van der Waals surface area contributed by atoms with Gasteiger partial charge in [-0.3, -0.25) is 19.5 Å². The molecular weight excluding hydrogens is 442 g/mol. The number of nitro groups is 1. The van der Waals surface area contributed by atoms with Gasteiger partial charge in [-0.15, -0.1) is 10.2 Å². The first-order valence-electron chi connectivity index (χ1n) is 9.55. The molecule has 0 fully saturated rings. The third kappa shape index (κ3) is 5.26. The van der Waals surface area contributed by atoms with Crippen molar-refractivity contribution in [3.8, 4) is 5.69 Å². The number of aromatic nitrogens is 3. The molecule has 0 unspecified atom stereocenters. The Labute approximate surface area is 186 Å². The summed E-state index contributed by atoms with van der Waals surface area (Å²) in [6.45, 7) is 1.97. The summed E-state index contributed by atoms with van der Waals surface area (Å²) in [5.41, 5.74) is 0.0297. The molecule has 168 valence electrons. The second kappa shape index (κ2) is 9.83. The van der Waals surface area contributed by atoms with Gasteiger partial charge in [-0.1, -0.05) is 11.8 Å². The van der Waals surface area contributed by atoms with Crippen molar-refractivity contribution in [2.75, 3.05) is 25.2 Å². The van der Waals surface area contributed by atoms with Crippen molar-refractivity contribution in [2.45, 2.75) is 18.1 Å². The summed E-state index contributed by atoms with van der Waals surface area (Å²) in [7, 11) is 3.94. The first-order valence-corrected chi connectivity index (χ1v) is 10.5. The highest BCUT2D eigenvalue weighted by molar-refractivity contribution is 7.99. The van der Waals surface area contributed by atoms with Gasteiger partial charge in [-0.2, -0.15) is 4.39 Å². The van der Waals surface area contributed by atoms with Crippen molar-refractivity contribution in [3.05, 3.63) is 70.0 Å². The van der Waals surface area contributed by atoms with E-state index in [9.17, 15) is 23.7 Å². The molecule has 0 saturated heterocycles. The van der Waals surface area contributed by atoms with Crippen molar-refractivity contribution in [2.24, 2.45) is 0 Å². The van der Waals surface area contributed by atoms with Gasteiger partial charge in [0.15, 0.2) is 11.0 Å². The highest BCUT2D eigenvalue weighted by atomic mass is 32.2. The van der Waals surface area contributed by atoms with Crippen LogP contribution in [0.1, 0.15) is 18.8 Å². The van der Waals surface area contributed by atoms with Crippen molar-refractivity contribution >= 4 is 29.0 Å². The Morgan fingerprint density at radius 2 is 1.91 bits per heavy atom. The third-order valence-electron chi connectivity index (χ3n) is 4.76. The predicted octanol–water partition coefficient (Wildman–Crippen LogP) is 2.39. The lowest BCUT2D eigenvalue weighted by molar-refractivity contribution is -0.890. The average Bonchev–Trinajstić information content (AvgIpc) is 3.17. The smallest absolute Gasteiger partial charge is 0.306 e. The number of amides is 1. The maximum atomic E-state index is 13.5. The molecule has 0 spiro atoms. The number of hydrogen-bond acceptors (Lipinski definition) is 6. The Balaban J connectivity index is 1.80. The van der Waals surface area contributed by atoms with Crippen LogP contribution in [-0.4, -0.2) is 45.4 Å². The van der Waals surface area contributed by atoms with E-state index >= 15 is 0 Å². The Morgan fingerprint density at radius 3 is 2.53 bits per heavy atom. The second-order valence-corrected chi connectivity index (χ2v) is 8.15. The average molecular weight is 463 g/mol. The summed E-state index contributed by atoms with van der Waals surface area (Å²) in [6.07, 6.45) is 0. The maximum Gasteiger partial charge on any atom is 0.306 e. The normalized spacial score (nSPS) is 12.1. The van der Waals surface area contributed by atoms with Crippen LogP contribution in [0.25, 0.3) is 5.69 Å². The molecule has 1 heterocycles. The Kier molecular flexibility index (Phi) is 7.15. The molecule has 1 amide bonds. The molecule has 0 bridgehead atoms. The van der Waals surface area contributed by atoms with E-state index in [1.807, 2.05) is 21.0 Å². The van der Waals surface area contributed by atoms with Gasteiger partial charge in [-0.05, 0) is 43.3 Å². The van der Waals surface area contributed by atoms with E-state index in [-0.39, 0.29) is 23.3 Å². The zero-order valence-corrected chi connectivity index (χ0v) is 18.3. The number of carbonyl (C=O) groups excluding carboxylic acids is 1. The second-order valence-electron chi connectivity index (χ2n) is 7.21. The lowest BCUT2D eigenvalue weighted by Crippen LogP contribution is -3.05. The molecule has 0 aliphatic heterocycles. The zero-order chi connectivity index (χ0) is 23.4. The topological polar surface area (TPSA) is 107 Å². The molecule has 9 nitrogen and oxygen atoms in total. The minimum atomic E-state index is -0.987. The molecule has 0 aliphatic rings. The number of thioether (sulfide) groups is 1. The lowest BCUT2D eigenvalue weighted by Gasteiger charge is -2.18. The number of halogens is 2. The van der Waals surface area contributed by atoms with Gasteiger partial charge in [0.25, 0.3) is 0 Å². The number of nitro benzene ring substituents is 1. The maximum absolute atomic E-state index is 13.5. The third-order valence-corrected chi connectivity index (χ3v) is 5.68.